The summed E-state index contributed by atoms with van der Waals surface area (Å²) in [7, 11) is 0. The van der Waals surface area contributed by atoms with E-state index in [0.717, 1.165) is 99.6 Å². The number of likely N-dealkylation sites (tertiary alicyclic amines) is 2. The maximum absolute atomic E-state index is 12.7. The molecule has 286 valence electrons. The average molecular weight is 715 g/mol. The van der Waals surface area contributed by atoms with Crippen LogP contribution < -0.4 is 0 Å². The summed E-state index contributed by atoms with van der Waals surface area (Å²) in [6.07, 6.45) is 20.3. The summed E-state index contributed by atoms with van der Waals surface area (Å²) in [5, 5.41) is 0. The third kappa shape index (κ3) is 14.3. The van der Waals surface area contributed by atoms with Gasteiger partial charge >= 0.3 is 11.9 Å². The SMILES string of the molecule is CCCCCOC(=O)C[N+]1(C/C=C(/C)Cc2ccc(-c3ccc(C/C(C)=C\C[N+]4(CC(=O)OCCCCC)CCCCC4)cc3)cc2)CCCCC1. The van der Waals surface area contributed by atoms with Crippen LogP contribution in [0.4, 0.5) is 0 Å². The number of hydrogen-bond donors (Lipinski definition) is 0. The number of allylic oxidation sites excluding steroid dienone is 2. The molecule has 0 aromatic heterocycles. The Morgan fingerprint density at radius 1 is 0.558 bits per heavy atom. The van der Waals surface area contributed by atoms with Crippen LogP contribution in [0.15, 0.2) is 71.8 Å². The maximum Gasteiger partial charge on any atom is 0.361 e. The molecule has 0 amide bonds. The van der Waals surface area contributed by atoms with Crippen molar-refractivity contribution in [2.45, 2.75) is 118 Å². The number of esters is 2. The Bertz CT molecular complexity index is 1300. The highest BCUT2D eigenvalue weighted by Gasteiger charge is 2.33. The fourth-order valence-corrected chi connectivity index (χ4v) is 8.01. The fourth-order valence-electron chi connectivity index (χ4n) is 8.01. The van der Waals surface area contributed by atoms with Gasteiger partial charge in [-0.3, -0.25) is 0 Å². The maximum atomic E-state index is 12.7. The molecule has 52 heavy (non-hydrogen) atoms. The lowest BCUT2D eigenvalue weighted by molar-refractivity contribution is -0.920. The van der Waals surface area contributed by atoms with Gasteiger partial charge in [-0.25, -0.2) is 9.59 Å². The lowest BCUT2D eigenvalue weighted by atomic mass is 9.98. The van der Waals surface area contributed by atoms with E-state index in [2.05, 4.69) is 88.4 Å². The Morgan fingerprint density at radius 3 is 1.27 bits per heavy atom. The van der Waals surface area contributed by atoms with Crippen LogP contribution in [-0.4, -0.2) is 86.5 Å². The Labute approximate surface area is 316 Å². The second-order valence-electron chi connectivity index (χ2n) is 16.1. The molecule has 6 nitrogen and oxygen atoms in total. The van der Waals surface area contributed by atoms with E-state index in [9.17, 15) is 9.59 Å². The van der Waals surface area contributed by atoms with Crippen molar-refractivity contribution in [1.29, 1.82) is 0 Å². The summed E-state index contributed by atoms with van der Waals surface area (Å²) < 4.78 is 12.9. The van der Waals surface area contributed by atoms with Gasteiger partial charge in [0, 0.05) is 0 Å². The molecule has 0 N–H and O–H groups in total. The van der Waals surface area contributed by atoms with Crippen LogP contribution >= 0.6 is 0 Å². The number of quaternary nitrogens is 2. The number of piperidine rings is 2. The third-order valence-electron chi connectivity index (χ3n) is 11.3. The topological polar surface area (TPSA) is 52.6 Å². The zero-order valence-electron chi connectivity index (χ0n) is 33.3. The minimum absolute atomic E-state index is 0.0325. The normalized spacial score (nSPS) is 17.5. The Morgan fingerprint density at radius 2 is 0.923 bits per heavy atom. The number of hydrogen-bond acceptors (Lipinski definition) is 4. The molecular formula is C46H70N2O4+2. The zero-order valence-corrected chi connectivity index (χ0v) is 33.3. The fraction of sp³-hybridized carbons (Fsp3) is 0.609. The van der Waals surface area contributed by atoms with E-state index in [0.29, 0.717) is 26.3 Å². The Balaban J connectivity index is 1.28. The van der Waals surface area contributed by atoms with Crippen LogP contribution in [0.3, 0.4) is 0 Å². The Kier molecular flexibility index (Phi) is 17.7. The van der Waals surface area contributed by atoms with Gasteiger partial charge in [-0.1, -0.05) is 99.2 Å². The van der Waals surface area contributed by atoms with Gasteiger partial charge < -0.3 is 18.4 Å². The molecule has 2 aliphatic heterocycles. The third-order valence-corrected chi connectivity index (χ3v) is 11.3. The van der Waals surface area contributed by atoms with Gasteiger partial charge in [0.15, 0.2) is 13.1 Å². The predicted molar refractivity (Wildman–Crippen MR) is 215 cm³/mol. The van der Waals surface area contributed by atoms with Crippen LogP contribution in [0.1, 0.15) is 116 Å². The molecule has 0 saturated carbocycles. The summed E-state index contributed by atoms with van der Waals surface area (Å²) in [6, 6.07) is 18.0. The van der Waals surface area contributed by atoms with Crippen molar-refractivity contribution in [1.82, 2.24) is 0 Å². The highest BCUT2D eigenvalue weighted by atomic mass is 16.5. The van der Waals surface area contributed by atoms with Crippen molar-refractivity contribution < 1.29 is 28.0 Å². The first-order valence-corrected chi connectivity index (χ1v) is 20.7. The smallest absolute Gasteiger partial charge is 0.361 e. The Hall–Kier alpha value is -3.22. The van der Waals surface area contributed by atoms with E-state index >= 15 is 0 Å². The minimum atomic E-state index is -0.0325. The van der Waals surface area contributed by atoms with Gasteiger partial charge in [-0.15, -0.1) is 0 Å². The molecule has 4 rings (SSSR count). The molecule has 0 aliphatic carbocycles. The minimum Gasteiger partial charge on any atom is -0.462 e. The molecule has 0 unspecified atom stereocenters. The van der Waals surface area contributed by atoms with E-state index in [1.165, 1.54) is 71.9 Å². The summed E-state index contributed by atoms with van der Waals surface area (Å²) >= 11 is 0. The first kappa shape index (κ1) is 41.5. The molecule has 6 heteroatoms. The average Bonchev–Trinajstić information content (AvgIpc) is 3.15. The number of carbonyl (C=O) groups is 2. The van der Waals surface area contributed by atoms with Crippen LogP contribution in [0.25, 0.3) is 11.1 Å². The highest BCUT2D eigenvalue weighted by molar-refractivity contribution is 5.71. The molecule has 0 radical (unpaired) electrons. The second-order valence-corrected chi connectivity index (χ2v) is 16.1. The molecule has 2 saturated heterocycles. The van der Waals surface area contributed by atoms with E-state index in [4.69, 9.17) is 9.47 Å². The number of nitrogens with zero attached hydrogens (tertiary/aromatic N) is 2. The van der Waals surface area contributed by atoms with Crippen LogP contribution in [0.5, 0.6) is 0 Å². The van der Waals surface area contributed by atoms with Gasteiger partial charge in [0.2, 0.25) is 0 Å². The lowest BCUT2D eigenvalue weighted by Gasteiger charge is -2.40. The number of rotatable bonds is 21. The number of benzene rings is 2. The molecule has 2 aliphatic rings. The first-order valence-electron chi connectivity index (χ1n) is 20.7. The van der Waals surface area contributed by atoms with Crippen molar-refractivity contribution in [2.24, 2.45) is 0 Å². The molecule has 0 atom stereocenters. The summed E-state index contributed by atoms with van der Waals surface area (Å²) in [5.74, 6) is -0.0650. The molecule has 2 aromatic rings. The molecule has 2 fully saturated rings. The molecule has 2 heterocycles. The van der Waals surface area contributed by atoms with E-state index in [-0.39, 0.29) is 11.9 Å². The van der Waals surface area contributed by atoms with Crippen LogP contribution in [0.2, 0.25) is 0 Å². The van der Waals surface area contributed by atoms with Gasteiger partial charge in [0.1, 0.15) is 0 Å². The van der Waals surface area contributed by atoms with E-state index in [1.807, 2.05) is 0 Å². The van der Waals surface area contributed by atoms with Crippen molar-refractivity contribution in [3.8, 4) is 11.1 Å². The summed E-state index contributed by atoms with van der Waals surface area (Å²) in [4.78, 5) is 25.4. The number of ether oxygens (including phenoxy) is 2. The van der Waals surface area contributed by atoms with Gasteiger partial charge in [-0.2, -0.15) is 0 Å². The predicted octanol–water partition coefficient (Wildman–Crippen LogP) is 9.80. The summed E-state index contributed by atoms with van der Waals surface area (Å²) in [5.41, 5.74) is 7.81. The first-order chi connectivity index (χ1) is 25.2. The largest absolute Gasteiger partial charge is 0.462 e. The van der Waals surface area contributed by atoms with Gasteiger partial charge in [0.25, 0.3) is 0 Å². The molecule has 2 aromatic carbocycles. The molecule has 0 bridgehead atoms. The second kappa shape index (κ2) is 22.1. The van der Waals surface area contributed by atoms with Crippen LogP contribution in [0, 0.1) is 0 Å². The van der Waals surface area contributed by atoms with E-state index in [1.54, 1.807) is 0 Å². The number of carbonyl (C=O) groups excluding carboxylic acids is 2. The van der Waals surface area contributed by atoms with Crippen LogP contribution in [-0.2, 0) is 31.9 Å². The lowest BCUT2D eigenvalue weighted by Crippen LogP contribution is -2.54. The summed E-state index contributed by atoms with van der Waals surface area (Å²) in [6.45, 7) is 17.0. The number of unbranched alkanes of at least 4 members (excludes halogenated alkanes) is 4. The standard InChI is InChI=1S/C46H70N2O4/c1-5-7-15-33-51-45(49)37-47(27-11-9-12-28-47)31-25-39(3)35-41-17-21-43(22-18-41)44-23-19-42(20-24-44)36-40(4)26-32-48(29-13-10-14-30-48)38-46(50)52-34-16-8-6-2/h17-26H,5-16,27-38H2,1-4H3/q+2/b39-25-,40-26-. The van der Waals surface area contributed by atoms with Crippen molar-refractivity contribution in [3.63, 3.8) is 0 Å². The monoisotopic (exact) mass is 715 g/mol. The van der Waals surface area contributed by atoms with Crippen molar-refractivity contribution in [3.05, 3.63) is 83.0 Å². The van der Waals surface area contributed by atoms with Crippen molar-refractivity contribution in [2.75, 3.05) is 65.6 Å². The highest BCUT2D eigenvalue weighted by Crippen LogP contribution is 2.25. The van der Waals surface area contributed by atoms with Gasteiger partial charge in [0.05, 0.1) is 52.5 Å². The molecule has 0 spiro atoms. The van der Waals surface area contributed by atoms with Gasteiger partial charge in [-0.05, 0) is 112 Å². The zero-order chi connectivity index (χ0) is 37.1. The quantitative estimate of drug-likeness (QED) is 0.0559. The van der Waals surface area contributed by atoms with Crippen molar-refractivity contribution >= 4 is 11.9 Å². The molecular weight excluding hydrogens is 645 g/mol. The van der Waals surface area contributed by atoms with E-state index < -0.39 is 0 Å².